The lowest BCUT2D eigenvalue weighted by molar-refractivity contribution is 0.102. The van der Waals surface area contributed by atoms with Crippen LogP contribution in [0, 0.1) is 0 Å². The van der Waals surface area contributed by atoms with E-state index in [4.69, 9.17) is 9.88 Å². The maximum absolute atomic E-state index is 11.9. The summed E-state index contributed by atoms with van der Waals surface area (Å²) in [7, 11) is -2.65. The highest BCUT2D eigenvalue weighted by molar-refractivity contribution is 7.89. The number of amides is 1. The largest absolute Gasteiger partial charge is 0.495 e. The Morgan fingerprint density at radius 1 is 1.29 bits per heavy atom. The molecule has 0 bridgehead atoms. The maximum Gasteiger partial charge on any atom is 0.258 e. The van der Waals surface area contributed by atoms with Crippen LogP contribution in [-0.2, 0) is 10.0 Å². The number of sulfonamides is 1. The van der Waals surface area contributed by atoms with E-state index in [1.54, 1.807) is 0 Å². The molecule has 8 nitrogen and oxygen atoms in total. The van der Waals surface area contributed by atoms with Gasteiger partial charge < -0.3 is 10.1 Å². The van der Waals surface area contributed by atoms with Crippen LogP contribution < -0.4 is 15.2 Å². The molecular formula is C12H12N4O4S. The Labute approximate surface area is 121 Å². The third kappa shape index (κ3) is 3.52. The first-order chi connectivity index (χ1) is 9.91. The van der Waals surface area contributed by atoms with E-state index < -0.39 is 15.9 Å². The lowest BCUT2D eigenvalue weighted by Crippen LogP contribution is -2.16. The van der Waals surface area contributed by atoms with Gasteiger partial charge in [-0.05, 0) is 18.2 Å². The molecule has 110 valence electrons. The topological polar surface area (TPSA) is 124 Å². The summed E-state index contributed by atoms with van der Waals surface area (Å²) in [6.07, 6.45) is 3.97. The molecule has 3 N–H and O–H groups in total. The molecule has 1 amide bonds. The van der Waals surface area contributed by atoms with E-state index in [-0.39, 0.29) is 21.9 Å². The summed E-state index contributed by atoms with van der Waals surface area (Å²) in [4.78, 5) is 19.2. The van der Waals surface area contributed by atoms with E-state index in [2.05, 4.69) is 15.3 Å². The first-order valence-electron chi connectivity index (χ1n) is 5.69. The normalized spacial score (nSPS) is 11.0. The van der Waals surface area contributed by atoms with Gasteiger partial charge in [-0.1, -0.05) is 0 Å². The van der Waals surface area contributed by atoms with Gasteiger partial charge in [0.05, 0.1) is 12.7 Å². The molecule has 0 saturated heterocycles. The highest BCUT2D eigenvalue weighted by Gasteiger charge is 2.16. The molecule has 0 saturated carbocycles. The molecule has 0 atom stereocenters. The Hall–Kier alpha value is -2.52. The number of carbonyl (C=O) groups is 1. The Morgan fingerprint density at radius 3 is 2.52 bits per heavy atom. The van der Waals surface area contributed by atoms with Crippen molar-refractivity contribution < 1.29 is 17.9 Å². The van der Waals surface area contributed by atoms with Gasteiger partial charge in [0, 0.05) is 18.1 Å². The fourth-order valence-corrected chi connectivity index (χ4v) is 2.32. The van der Waals surface area contributed by atoms with Crippen LogP contribution in [0.1, 0.15) is 10.4 Å². The van der Waals surface area contributed by atoms with Crippen LogP contribution in [0.5, 0.6) is 5.75 Å². The standard InChI is InChI=1S/C12H12N4O4S/c1-20-10-3-2-9(4-11(10)21(13,18)19)16-12(17)8-5-14-7-15-6-8/h2-7H,1H3,(H,16,17)(H2,13,18,19). The van der Waals surface area contributed by atoms with Crippen molar-refractivity contribution in [1.29, 1.82) is 0 Å². The highest BCUT2D eigenvalue weighted by Crippen LogP contribution is 2.26. The molecule has 21 heavy (non-hydrogen) atoms. The van der Waals surface area contributed by atoms with Gasteiger partial charge in [0.2, 0.25) is 10.0 Å². The summed E-state index contributed by atoms with van der Waals surface area (Å²) in [5.74, 6) is -0.375. The molecule has 0 fully saturated rings. The van der Waals surface area contributed by atoms with Gasteiger partial charge in [-0.25, -0.2) is 23.5 Å². The molecule has 1 heterocycles. The van der Waals surface area contributed by atoms with E-state index in [0.29, 0.717) is 0 Å². The molecule has 2 rings (SSSR count). The van der Waals surface area contributed by atoms with E-state index in [1.165, 1.54) is 44.0 Å². The number of anilines is 1. The molecule has 2 aromatic rings. The molecule has 1 aromatic heterocycles. The second-order valence-electron chi connectivity index (χ2n) is 3.99. The fraction of sp³-hybridized carbons (Fsp3) is 0.0833. The summed E-state index contributed by atoms with van der Waals surface area (Å²) in [6.45, 7) is 0. The molecule has 0 aliphatic carbocycles. The predicted molar refractivity (Wildman–Crippen MR) is 74.4 cm³/mol. The van der Waals surface area contributed by atoms with Gasteiger partial charge in [0.15, 0.2) is 0 Å². The quantitative estimate of drug-likeness (QED) is 0.841. The minimum absolute atomic E-state index is 0.0959. The van der Waals surface area contributed by atoms with Crippen LogP contribution in [0.15, 0.2) is 41.8 Å². The van der Waals surface area contributed by atoms with Gasteiger partial charge >= 0.3 is 0 Å². The van der Waals surface area contributed by atoms with E-state index in [0.717, 1.165) is 0 Å². The summed E-state index contributed by atoms with van der Waals surface area (Å²) in [6, 6.07) is 4.11. The molecule has 0 unspecified atom stereocenters. The van der Waals surface area contributed by atoms with Crippen LogP contribution in [-0.4, -0.2) is 31.4 Å². The monoisotopic (exact) mass is 308 g/mol. The van der Waals surface area contributed by atoms with Gasteiger partial charge in [-0.3, -0.25) is 4.79 Å². The molecule has 1 aromatic carbocycles. The zero-order chi connectivity index (χ0) is 15.5. The number of hydrogen-bond donors (Lipinski definition) is 2. The molecule has 0 aliphatic heterocycles. The Morgan fingerprint density at radius 2 is 1.95 bits per heavy atom. The number of benzene rings is 1. The predicted octanol–water partition coefficient (Wildman–Crippen LogP) is 0.385. The summed E-state index contributed by atoms with van der Waals surface area (Å²) < 4.78 is 27.9. The number of primary sulfonamides is 1. The van der Waals surface area contributed by atoms with Crippen molar-refractivity contribution in [2.24, 2.45) is 5.14 Å². The Bertz CT molecular complexity index is 762. The zero-order valence-corrected chi connectivity index (χ0v) is 11.8. The number of nitrogens with zero attached hydrogens (tertiary/aromatic N) is 2. The van der Waals surface area contributed by atoms with Crippen molar-refractivity contribution in [3.05, 3.63) is 42.5 Å². The number of rotatable bonds is 4. The van der Waals surface area contributed by atoms with E-state index in [9.17, 15) is 13.2 Å². The fourth-order valence-electron chi connectivity index (χ4n) is 1.60. The van der Waals surface area contributed by atoms with E-state index >= 15 is 0 Å². The zero-order valence-electron chi connectivity index (χ0n) is 11.0. The van der Waals surface area contributed by atoms with Crippen LogP contribution >= 0.6 is 0 Å². The number of ether oxygens (including phenoxy) is 1. The SMILES string of the molecule is COc1ccc(NC(=O)c2cncnc2)cc1S(N)(=O)=O. The maximum atomic E-state index is 11.9. The van der Waals surface area contributed by atoms with Crippen molar-refractivity contribution in [2.75, 3.05) is 12.4 Å². The number of aromatic nitrogens is 2. The van der Waals surface area contributed by atoms with Crippen LogP contribution in [0.25, 0.3) is 0 Å². The van der Waals surface area contributed by atoms with Crippen molar-refractivity contribution >= 4 is 21.6 Å². The van der Waals surface area contributed by atoms with Crippen LogP contribution in [0.2, 0.25) is 0 Å². The van der Waals surface area contributed by atoms with Crippen molar-refractivity contribution in [2.45, 2.75) is 4.90 Å². The number of nitrogens with one attached hydrogen (secondary N) is 1. The van der Waals surface area contributed by atoms with Crippen LogP contribution in [0.4, 0.5) is 5.69 Å². The van der Waals surface area contributed by atoms with Gasteiger partial charge in [0.1, 0.15) is 17.0 Å². The molecule has 0 radical (unpaired) electrons. The summed E-state index contributed by atoms with van der Waals surface area (Å²) in [5, 5.41) is 7.63. The molecule has 0 aliphatic rings. The van der Waals surface area contributed by atoms with Crippen molar-refractivity contribution in [3.8, 4) is 5.75 Å². The molecule has 9 heteroatoms. The first-order valence-corrected chi connectivity index (χ1v) is 7.23. The summed E-state index contributed by atoms with van der Waals surface area (Å²) >= 11 is 0. The van der Waals surface area contributed by atoms with Gasteiger partial charge in [-0.2, -0.15) is 0 Å². The third-order valence-electron chi connectivity index (χ3n) is 2.55. The second kappa shape index (κ2) is 5.85. The average Bonchev–Trinajstić information content (AvgIpc) is 2.47. The lowest BCUT2D eigenvalue weighted by Gasteiger charge is -2.10. The number of nitrogens with two attached hydrogens (primary N) is 1. The Balaban J connectivity index is 2.32. The van der Waals surface area contributed by atoms with E-state index in [1.807, 2.05) is 0 Å². The number of carbonyl (C=O) groups excluding carboxylic acids is 1. The second-order valence-corrected chi connectivity index (χ2v) is 5.52. The van der Waals surface area contributed by atoms with Crippen molar-refractivity contribution in [1.82, 2.24) is 9.97 Å². The number of methoxy groups -OCH3 is 1. The smallest absolute Gasteiger partial charge is 0.258 e. The third-order valence-corrected chi connectivity index (χ3v) is 3.48. The lowest BCUT2D eigenvalue weighted by atomic mass is 10.2. The first kappa shape index (κ1) is 14.9. The Kier molecular flexibility index (Phi) is 4.15. The average molecular weight is 308 g/mol. The summed E-state index contributed by atoms with van der Waals surface area (Å²) in [5.41, 5.74) is 0.499. The molecular weight excluding hydrogens is 296 g/mol. The van der Waals surface area contributed by atoms with Gasteiger partial charge in [0.25, 0.3) is 5.91 Å². The minimum Gasteiger partial charge on any atom is -0.495 e. The molecule has 0 spiro atoms. The van der Waals surface area contributed by atoms with Gasteiger partial charge in [-0.15, -0.1) is 0 Å². The van der Waals surface area contributed by atoms with Crippen LogP contribution in [0.3, 0.4) is 0 Å². The number of hydrogen-bond acceptors (Lipinski definition) is 6. The minimum atomic E-state index is -3.97. The highest BCUT2D eigenvalue weighted by atomic mass is 32.2. The van der Waals surface area contributed by atoms with Crippen molar-refractivity contribution in [3.63, 3.8) is 0 Å².